The zero-order valence-corrected chi connectivity index (χ0v) is 18.1. The van der Waals surface area contributed by atoms with Crippen LogP contribution in [0.3, 0.4) is 0 Å². The molecule has 2 atom stereocenters. The molecule has 6 nitrogen and oxygen atoms in total. The molecule has 1 fully saturated rings. The molecule has 2 aromatic rings. The third kappa shape index (κ3) is 5.45. The zero-order valence-electron chi connectivity index (χ0n) is 17.2. The summed E-state index contributed by atoms with van der Waals surface area (Å²) in [5.41, 5.74) is 3.56. The van der Waals surface area contributed by atoms with Gasteiger partial charge >= 0.3 is 0 Å². The van der Waals surface area contributed by atoms with Crippen LogP contribution in [0.4, 0.5) is 5.13 Å². The minimum absolute atomic E-state index is 0.140. The van der Waals surface area contributed by atoms with Gasteiger partial charge in [-0.3, -0.25) is 4.99 Å². The summed E-state index contributed by atoms with van der Waals surface area (Å²) in [6.07, 6.45) is 2.40. The molecular formula is C21H31N5OS. The SMILES string of the molecule is CN=C(NCc1csc(N(C)C)n1)NCC1CCCOC1c1ccc(C)cc1. The molecule has 7 heteroatoms. The molecule has 1 aromatic heterocycles. The molecule has 152 valence electrons. The van der Waals surface area contributed by atoms with Gasteiger partial charge in [-0.05, 0) is 25.3 Å². The van der Waals surface area contributed by atoms with E-state index in [2.05, 4.69) is 57.2 Å². The molecule has 0 bridgehead atoms. The van der Waals surface area contributed by atoms with E-state index in [1.165, 1.54) is 11.1 Å². The molecule has 2 heterocycles. The second-order valence-electron chi connectivity index (χ2n) is 7.43. The van der Waals surface area contributed by atoms with Gasteiger partial charge in [0.2, 0.25) is 0 Å². The zero-order chi connectivity index (χ0) is 19.9. The van der Waals surface area contributed by atoms with E-state index in [0.717, 1.165) is 42.8 Å². The van der Waals surface area contributed by atoms with Crippen LogP contribution < -0.4 is 15.5 Å². The fraction of sp³-hybridized carbons (Fsp3) is 0.524. The average Bonchev–Trinajstić information content (AvgIpc) is 3.18. The first-order valence-corrected chi connectivity index (χ1v) is 10.7. The van der Waals surface area contributed by atoms with Gasteiger partial charge in [0.05, 0.1) is 18.3 Å². The number of rotatable bonds is 6. The second kappa shape index (κ2) is 9.89. The first kappa shape index (κ1) is 20.6. The summed E-state index contributed by atoms with van der Waals surface area (Å²) >= 11 is 1.65. The quantitative estimate of drug-likeness (QED) is 0.574. The highest BCUT2D eigenvalue weighted by atomic mass is 32.1. The fourth-order valence-corrected chi connectivity index (χ4v) is 4.14. The van der Waals surface area contributed by atoms with Gasteiger partial charge in [-0.25, -0.2) is 4.98 Å². The van der Waals surface area contributed by atoms with Crippen LogP contribution in [0.5, 0.6) is 0 Å². The van der Waals surface area contributed by atoms with Crippen LogP contribution >= 0.6 is 11.3 Å². The van der Waals surface area contributed by atoms with Crippen molar-refractivity contribution in [3.63, 3.8) is 0 Å². The Kier molecular flexibility index (Phi) is 7.28. The molecule has 1 aliphatic rings. The highest BCUT2D eigenvalue weighted by Gasteiger charge is 2.27. The number of nitrogens with one attached hydrogen (secondary N) is 2. The number of ether oxygens (including phenoxy) is 1. The van der Waals surface area contributed by atoms with E-state index in [1.807, 2.05) is 19.0 Å². The molecule has 0 amide bonds. The number of hydrogen-bond acceptors (Lipinski definition) is 5. The van der Waals surface area contributed by atoms with Gasteiger partial charge in [0, 0.05) is 45.6 Å². The Labute approximate surface area is 172 Å². The minimum atomic E-state index is 0.140. The number of aromatic nitrogens is 1. The highest BCUT2D eigenvalue weighted by molar-refractivity contribution is 7.13. The third-order valence-electron chi connectivity index (χ3n) is 4.97. The molecule has 1 aromatic carbocycles. The van der Waals surface area contributed by atoms with E-state index in [-0.39, 0.29) is 6.10 Å². The van der Waals surface area contributed by atoms with E-state index in [1.54, 1.807) is 18.4 Å². The summed E-state index contributed by atoms with van der Waals surface area (Å²) in [4.78, 5) is 11.0. The molecule has 0 saturated carbocycles. The maximum Gasteiger partial charge on any atom is 0.191 e. The van der Waals surface area contributed by atoms with E-state index in [4.69, 9.17) is 4.74 Å². The van der Waals surface area contributed by atoms with E-state index in [9.17, 15) is 0 Å². The van der Waals surface area contributed by atoms with Crippen molar-refractivity contribution in [3.8, 4) is 0 Å². The monoisotopic (exact) mass is 401 g/mol. The molecule has 0 radical (unpaired) electrons. The molecule has 28 heavy (non-hydrogen) atoms. The number of thiazole rings is 1. The Morgan fingerprint density at radius 1 is 1.29 bits per heavy atom. The average molecular weight is 402 g/mol. The first-order valence-electron chi connectivity index (χ1n) is 9.81. The summed E-state index contributed by atoms with van der Waals surface area (Å²) in [5.74, 6) is 1.22. The van der Waals surface area contributed by atoms with Crippen LogP contribution in [0.15, 0.2) is 34.6 Å². The molecular weight excluding hydrogens is 370 g/mol. The molecule has 0 aliphatic carbocycles. The summed E-state index contributed by atoms with van der Waals surface area (Å²) in [7, 11) is 5.82. The molecule has 1 saturated heterocycles. The Balaban J connectivity index is 1.54. The number of aryl methyl sites for hydroxylation is 1. The lowest BCUT2D eigenvalue weighted by molar-refractivity contribution is -0.0265. The standard InChI is InChI=1S/C21H31N5OS/c1-15-7-9-16(10-8-15)19-17(6-5-11-27-19)12-23-20(22-2)24-13-18-14-28-21(25-18)26(3)4/h7-10,14,17,19H,5-6,11-13H2,1-4H3,(H2,22,23,24). The Hall–Kier alpha value is -2.12. The van der Waals surface area contributed by atoms with Crippen LogP contribution in [0, 0.1) is 12.8 Å². The number of aliphatic imine (C=N–C) groups is 1. The first-order chi connectivity index (χ1) is 13.6. The van der Waals surface area contributed by atoms with Crippen molar-refractivity contribution in [2.75, 3.05) is 39.2 Å². The number of benzene rings is 1. The smallest absolute Gasteiger partial charge is 0.191 e. The molecule has 1 aliphatic heterocycles. The molecule has 3 rings (SSSR count). The van der Waals surface area contributed by atoms with Gasteiger partial charge in [-0.1, -0.05) is 29.8 Å². The van der Waals surface area contributed by atoms with Gasteiger partial charge in [0.15, 0.2) is 11.1 Å². The lowest BCUT2D eigenvalue weighted by Crippen LogP contribution is -2.41. The van der Waals surface area contributed by atoms with Gasteiger partial charge in [0.25, 0.3) is 0 Å². The normalized spacial score (nSPS) is 20.1. The third-order valence-corrected chi connectivity index (χ3v) is 6.02. The van der Waals surface area contributed by atoms with Crippen LogP contribution in [-0.4, -0.2) is 45.2 Å². The van der Waals surface area contributed by atoms with Crippen molar-refractivity contribution in [2.24, 2.45) is 10.9 Å². The van der Waals surface area contributed by atoms with Gasteiger partial charge in [-0.2, -0.15) is 0 Å². The maximum atomic E-state index is 6.12. The lowest BCUT2D eigenvalue weighted by atomic mass is 9.89. The van der Waals surface area contributed by atoms with Crippen molar-refractivity contribution in [1.29, 1.82) is 0 Å². The van der Waals surface area contributed by atoms with Crippen molar-refractivity contribution in [2.45, 2.75) is 32.4 Å². The minimum Gasteiger partial charge on any atom is -0.373 e. The summed E-state index contributed by atoms with van der Waals surface area (Å²) in [6.45, 7) is 4.44. The second-order valence-corrected chi connectivity index (χ2v) is 8.26. The van der Waals surface area contributed by atoms with E-state index < -0.39 is 0 Å². The number of guanidine groups is 1. The van der Waals surface area contributed by atoms with E-state index in [0.29, 0.717) is 12.5 Å². The van der Waals surface area contributed by atoms with Crippen LogP contribution in [0.2, 0.25) is 0 Å². The number of nitrogens with zero attached hydrogens (tertiary/aromatic N) is 3. The fourth-order valence-electron chi connectivity index (χ4n) is 3.38. The lowest BCUT2D eigenvalue weighted by Gasteiger charge is -2.32. The Bertz CT molecular complexity index is 771. The van der Waals surface area contributed by atoms with Crippen LogP contribution in [0.1, 0.15) is 35.8 Å². The summed E-state index contributed by atoms with van der Waals surface area (Å²) < 4.78 is 6.12. The molecule has 2 unspecified atom stereocenters. The summed E-state index contributed by atoms with van der Waals surface area (Å²) in [5, 5.41) is 9.93. The number of hydrogen-bond donors (Lipinski definition) is 2. The topological polar surface area (TPSA) is 61.8 Å². The van der Waals surface area contributed by atoms with Crippen molar-refractivity contribution in [3.05, 3.63) is 46.5 Å². The van der Waals surface area contributed by atoms with Gasteiger partial charge in [-0.15, -0.1) is 11.3 Å². The van der Waals surface area contributed by atoms with E-state index >= 15 is 0 Å². The predicted molar refractivity (Wildman–Crippen MR) is 117 cm³/mol. The molecule has 2 N–H and O–H groups in total. The van der Waals surface area contributed by atoms with Crippen LogP contribution in [0.25, 0.3) is 0 Å². The van der Waals surface area contributed by atoms with Crippen molar-refractivity contribution in [1.82, 2.24) is 15.6 Å². The summed E-state index contributed by atoms with van der Waals surface area (Å²) in [6, 6.07) is 8.70. The largest absolute Gasteiger partial charge is 0.373 e. The van der Waals surface area contributed by atoms with Crippen molar-refractivity contribution >= 4 is 22.4 Å². The number of anilines is 1. The molecule has 0 spiro atoms. The maximum absolute atomic E-state index is 6.12. The van der Waals surface area contributed by atoms with Crippen LogP contribution in [-0.2, 0) is 11.3 Å². The predicted octanol–water partition coefficient (Wildman–Crippen LogP) is 3.35. The Morgan fingerprint density at radius 3 is 2.75 bits per heavy atom. The van der Waals surface area contributed by atoms with Crippen molar-refractivity contribution < 1.29 is 4.74 Å². The Morgan fingerprint density at radius 2 is 2.07 bits per heavy atom. The highest BCUT2D eigenvalue weighted by Crippen LogP contribution is 2.33. The van der Waals surface area contributed by atoms with Gasteiger partial charge in [0.1, 0.15) is 0 Å². The van der Waals surface area contributed by atoms with Gasteiger partial charge < -0.3 is 20.3 Å².